The molecule has 4 rings (SSSR count). The lowest BCUT2D eigenvalue weighted by Gasteiger charge is -2.36. The number of halogens is 1. The van der Waals surface area contributed by atoms with Gasteiger partial charge in [0.25, 0.3) is 5.88 Å². The van der Waals surface area contributed by atoms with Crippen molar-refractivity contribution in [2.45, 2.75) is 57.8 Å². The first-order chi connectivity index (χ1) is 15.0. The van der Waals surface area contributed by atoms with Crippen LogP contribution in [0, 0.1) is 11.7 Å². The molecular formula is C23H31FN4O3. The average molecular weight is 431 g/mol. The Hall–Kier alpha value is -2.45. The molecule has 2 aliphatic rings. The van der Waals surface area contributed by atoms with Gasteiger partial charge in [-0.3, -0.25) is 0 Å². The Balaban J connectivity index is 1.36. The minimum absolute atomic E-state index is 0.0449. The van der Waals surface area contributed by atoms with Gasteiger partial charge in [0, 0.05) is 24.5 Å². The summed E-state index contributed by atoms with van der Waals surface area (Å²) < 4.78 is 25.6. The van der Waals surface area contributed by atoms with Crippen molar-refractivity contribution < 1.29 is 19.0 Å². The fourth-order valence-electron chi connectivity index (χ4n) is 4.29. The minimum atomic E-state index is -0.577. The van der Waals surface area contributed by atoms with Gasteiger partial charge in [-0.25, -0.2) is 4.98 Å². The SMILES string of the molecule is C[C@@H]1CN(c2ccc(Nc3ncc(F)c(OCC4CCC(O)CC4)n3)cc2)C[C@H](C)O1. The van der Waals surface area contributed by atoms with Crippen molar-refractivity contribution in [1.82, 2.24) is 9.97 Å². The lowest BCUT2D eigenvalue weighted by molar-refractivity contribution is -0.00521. The van der Waals surface area contributed by atoms with E-state index in [4.69, 9.17) is 9.47 Å². The van der Waals surface area contributed by atoms with E-state index in [1.165, 1.54) is 0 Å². The maximum Gasteiger partial charge on any atom is 0.255 e. The van der Waals surface area contributed by atoms with E-state index in [-0.39, 0.29) is 30.1 Å². The number of rotatable bonds is 6. The highest BCUT2D eigenvalue weighted by molar-refractivity contribution is 5.59. The van der Waals surface area contributed by atoms with Crippen LogP contribution in [0.4, 0.5) is 21.7 Å². The van der Waals surface area contributed by atoms with Crippen molar-refractivity contribution in [2.75, 3.05) is 29.9 Å². The predicted octanol–water partition coefficient (Wildman–Crippen LogP) is 3.90. The molecule has 168 valence electrons. The van der Waals surface area contributed by atoms with Gasteiger partial charge in [-0.2, -0.15) is 9.37 Å². The highest BCUT2D eigenvalue weighted by Gasteiger charge is 2.23. The molecule has 2 N–H and O–H groups in total. The molecule has 0 unspecified atom stereocenters. The van der Waals surface area contributed by atoms with Crippen LogP contribution in [0.3, 0.4) is 0 Å². The Kier molecular flexibility index (Phi) is 6.87. The zero-order valence-electron chi connectivity index (χ0n) is 18.1. The molecule has 31 heavy (non-hydrogen) atoms. The zero-order chi connectivity index (χ0) is 21.8. The van der Waals surface area contributed by atoms with E-state index in [0.29, 0.717) is 12.5 Å². The molecule has 8 heteroatoms. The Morgan fingerprint density at radius 1 is 1.13 bits per heavy atom. The monoisotopic (exact) mass is 430 g/mol. The number of aromatic nitrogens is 2. The normalized spacial score (nSPS) is 26.5. The van der Waals surface area contributed by atoms with Gasteiger partial charge in [-0.1, -0.05) is 0 Å². The van der Waals surface area contributed by atoms with Crippen LogP contribution in [0.5, 0.6) is 5.88 Å². The Morgan fingerprint density at radius 2 is 1.81 bits per heavy atom. The van der Waals surface area contributed by atoms with E-state index in [1.807, 2.05) is 24.3 Å². The second-order valence-corrected chi connectivity index (χ2v) is 8.67. The van der Waals surface area contributed by atoms with Gasteiger partial charge in [0.1, 0.15) is 0 Å². The van der Waals surface area contributed by atoms with Crippen LogP contribution in [0.15, 0.2) is 30.5 Å². The third-order valence-corrected chi connectivity index (χ3v) is 5.89. The van der Waals surface area contributed by atoms with Crippen LogP contribution in [0.2, 0.25) is 0 Å². The summed E-state index contributed by atoms with van der Waals surface area (Å²) in [7, 11) is 0. The van der Waals surface area contributed by atoms with Crippen molar-refractivity contribution in [3.63, 3.8) is 0 Å². The quantitative estimate of drug-likeness (QED) is 0.719. The summed E-state index contributed by atoms with van der Waals surface area (Å²) in [5.74, 6) is -0.0204. The van der Waals surface area contributed by atoms with Crippen LogP contribution >= 0.6 is 0 Å². The van der Waals surface area contributed by atoms with Crippen molar-refractivity contribution >= 4 is 17.3 Å². The lowest BCUT2D eigenvalue weighted by atomic mass is 9.88. The number of benzene rings is 1. The molecule has 1 aliphatic carbocycles. The van der Waals surface area contributed by atoms with Gasteiger partial charge in [0.2, 0.25) is 11.8 Å². The summed E-state index contributed by atoms with van der Waals surface area (Å²) in [6.07, 6.45) is 4.61. The van der Waals surface area contributed by atoms with E-state index >= 15 is 0 Å². The average Bonchev–Trinajstić information content (AvgIpc) is 2.75. The highest BCUT2D eigenvalue weighted by Crippen LogP contribution is 2.27. The molecule has 7 nitrogen and oxygen atoms in total. The number of ether oxygens (including phenoxy) is 2. The van der Waals surface area contributed by atoms with Crippen LogP contribution < -0.4 is 15.0 Å². The molecule has 1 aromatic heterocycles. The fourth-order valence-corrected chi connectivity index (χ4v) is 4.29. The minimum Gasteiger partial charge on any atom is -0.475 e. The molecule has 1 saturated carbocycles. The largest absolute Gasteiger partial charge is 0.475 e. The third kappa shape index (κ3) is 5.83. The molecule has 2 aromatic rings. The van der Waals surface area contributed by atoms with Gasteiger partial charge >= 0.3 is 0 Å². The maximum absolute atomic E-state index is 14.1. The second-order valence-electron chi connectivity index (χ2n) is 8.67. The molecular weight excluding hydrogens is 399 g/mol. The van der Waals surface area contributed by atoms with E-state index in [0.717, 1.165) is 56.3 Å². The van der Waals surface area contributed by atoms with Crippen molar-refractivity contribution in [3.05, 3.63) is 36.3 Å². The first-order valence-electron chi connectivity index (χ1n) is 11.1. The molecule has 0 bridgehead atoms. The van der Waals surface area contributed by atoms with Gasteiger partial charge in [-0.15, -0.1) is 0 Å². The molecule has 1 aliphatic heterocycles. The lowest BCUT2D eigenvalue weighted by Crippen LogP contribution is -2.45. The summed E-state index contributed by atoms with van der Waals surface area (Å²) in [6.45, 7) is 6.28. The van der Waals surface area contributed by atoms with E-state index < -0.39 is 5.82 Å². The topological polar surface area (TPSA) is 79.7 Å². The molecule has 2 fully saturated rings. The molecule has 1 saturated heterocycles. The number of aliphatic hydroxyl groups is 1. The maximum atomic E-state index is 14.1. The van der Waals surface area contributed by atoms with Gasteiger partial charge in [-0.05, 0) is 69.7 Å². The zero-order valence-corrected chi connectivity index (χ0v) is 18.1. The summed E-state index contributed by atoms with van der Waals surface area (Å²) in [5, 5.41) is 12.7. The molecule has 0 amide bonds. The number of hydrogen-bond acceptors (Lipinski definition) is 7. The molecule has 0 spiro atoms. The van der Waals surface area contributed by atoms with Crippen molar-refractivity contribution in [3.8, 4) is 5.88 Å². The third-order valence-electron chi connectivity index (χ3n) is 5.89. The molecule has 0 radical (unpaired) electrons. The Morgan fingerprint density at radius 3 is 2.48 bits per heavy atom. The number of anilines is 3. The molecule has 1 aromatic carbocycles. The van der Waals surface area contributed by atoms with E-state index in [1.54, 1.807) is 0 Å². The van der Waals surface area contributed by atoms with Crippen molar-refractivity contribution in [1.29, 1.82) is 0 Å². The van der Waals surface area contributed by atoms with Gasteiger partial charge in [0.05, 0.1) is 31.1 Å². The summed E-state index contributed by atoms with van der Waals surface area (Å²) in [4.78, 5) is 10.5. The smallest absolute Gasteiger partial charge is 0.255 e. The van der Waals surface area contributed by atoms with Crippen LogP contribution in [0.25, 0.3) is 0 Å². The summed E-state index contributed by atoms with van der Waals surface area (Å²) >= 11 is 0. The summed E-state index contributed by atoms with van der Waals surface area (Å²) in [6, 6.07) is 8.01. The summed E-state index contributed by atoms with van der Waals surface area (Å²) in [5.41, 5.74) is 1.95. The van der Waals surface area contributed by atoms with Crippen LogP contribution in [-0.2, 0) is 4.74 Å². The molecule has 2 heterocycles. The highest BCUT2D eigenvalue weighted by atomic mass is 19.1. The standard InChI is InChI=1S/C23H31FN4O3/c1-15-12-28(13-16(2)31-15)19-7-5-18(6-8-19)26-23-25-11-21(24)22(27-23)30-14-17-3-9-20(29)10-4-17/h5-8,11,15-17,20,29H,3-4,9-10,12-14H2,1-2H3,(H,25,26,27)/t15-,16+,17?,20?. The van der Waals surface area contributed by atoms with Crippen LogP contribution in [0.1, 0.15) is 39.5 Å². The van der Waals surface area contributed by atoms with Gasteiger partial charge < -0.3 is 24.8 Å². The predicted molar refractivity (Wildman–Crippen MR) is 117 cm³/mol. The fraction of sp³-hybridized carbons (Fsp3) is 0.565. The van der Waals surface area contributed by atoms with E-state index in [9.17, 15) is 9.50 Å². The first kappa shape index (κ1) is 21.8. The van der Waals surface area contributed by atoms with Crippen molar-refractivity contribution in [2.24, 2.45) is 5.92 Å². The van der Waals surface area contributed by atoms with E-state index in [2.05, 4.69) is 34.0 Å². The Labute approximate surface area is 182 Å². The second kappa shape index (κ2) is 9.78. The number of nitrogens with one attached hydrogen (secondary N) is 1. The number of hydrogen-bond donors (Lipinski definition) is 2. The first-order valence-corrected chi connectivity index (χ1v) is 11.1. The number of nitrogens with zero attached hydrogens (tertiary/aromatic N) is 3. The Bertz CT molecular complexity index is 848. The number of aliphatic hydroxyl groups excluding tert-OH is 1. The number of morpholine rings is 1. The van der Waals surface area contributed by atoms with Crippen LogP contribution in [-0.4, -0.2) is 53.1 Å². The van der Waals surface area contributed by atoms with Gasteiger partial charge in [0.15, 0.2) is 0 Å². The molecule has 2 atom stereocenters.